The molecular weight excluding hydrogens is 384 g/mol. The van der Waals surface area contributed by atoms with Gasteiger partial charge in [-0.1, -0.05) is 30.3 Å². The van der Waals surface area contributed by atoms with Gasteiger partial charge in [0, 0.05) is 6.20 Å². The molecule has 30 heavy (non-hydrogen) atoms. The Bertz CT molecular complexity index is 846. The summed E-state index contributed by atoms with van der Waals surface area (Å²) in [4.78, 5) is 28.8. The number of alkyl carbamates (subject to hydrolysis) is 1. The highest BCUT2D eigenvalue weighted by molar-refractivity contribution is 5.93. The lowest BCUT2D eigenvalue weighted by Crippen LogP contribution is -2.43. The minimum absolute atomic E-state index is 0.143. The fourth-order valence-corrected chi connectivity index (χ4v) is 2.83. The first kappa shape index (κ1) is 23.2. The van der Waals surface area contributed by atoms with E-state index >= 15 is 0 Å². The van der Waals surface area contributed by atoms with E-state index in [4.69, 9.17) is 14.2 Å². The van der Waals surface area contributed by atoms with Crippen LogP contribution in [0.15, 0.2) is 42.6 Å². The highest BCUT2D eigenvalue weighted by Crippen LogP contribution is 2.22. The summed E-state index contributed by atoms with van der Waals surface area (Å²) in [5.74, 6) is -0.122. The van der Waals surface area contributed by atoms with Crippen molar-refractivity contribution in [2.75, 3.05) is 13.2 Å². The van der Waals surface area contributed by atoms with Crippen molar-refractivity contribution in [1.29, 1.82) is 0 Å². The van der Waals surface area contributed by atoms with E-state index in [9.17, 15) is 9.59 Å². The van der Waals surface area contributed by atoms with Gasteiger partial charge in [0.1, 0.15) is 23.5 Å². The van der Waals surface area contributed by atoms with Crippen molar-refractivity contribution in [2.45, 2.75) is 52.7 Å². The number of hydrogen-bond donors (Lipinski definition) is 1. The Morgan fingerprint density at radius 3 is 2.47 bits per heavy atom. The van der Waals surface area contributed by atoms with E-state index in [1.165, 1.54) is 0 Å². The number of nitrogens with one attached hydrogen (secondary N) is 1. The number of nitrogens with zero attached hydrogens (tertiary/aromatic N) is 1. The normalized spacial score (nSPS) is 12.0. The van der Waals surface area contributed by atoms with Gasteiger partial charge in [0.2, 0.25) is 0 Å². The number of hydrogen-bond acceptors (Lipinski definition) is 6. The smallest absolute Gasteiger partial charge is 0.408 e. The highest BCUT2D eigenvalue weighted by atomic mass is 16.6. The maximum atomic E-state index is 12.3. The molecular formula is C23H30N2O5. The largest absolute Gasteiger partial charge is 0.490 e. The topological polar surface area (TPSA) is 86.8 Å². The van der Waals surface area contributed by atoms with Gasteiger partial charge in [0.25, 0.3) is 0 Å². The van der Waals surface area contributed by atoms with Crippen LogP contribution in [0.1, 0.15) is 49.3 Å². The summed E-state index contributed by atoms with van der Waals surface area (Å²) >= 11 is 0. The number of carbonyl (C=O) groups excluding carboxylic acids is 2. The second-order valence-electron chi connectivity index (χ2n) is 7.83. The lowest BCUT2D eigenvalue weighted by atomic mass is 10.1. The predicted molar refractivity (Wildman–Crippen MR) is 114 cm³/mol. The third-order valence-electron chi connectivity index (χ3n) is 4.07. The first-order valence-corrected chi connectivity index (χ1v) is 9.98. The molecule has 1 heterocycles. The Morgan fingerprint density at radius 1 is 1.13 bits per heavy atom. The summed E-state index contributed by atoms with van der Waals surface area (Å²) in [6, 6.07) is 11.0. The molecule has 2 aromatic rings. The van der Waals surface area contributed by atoms with E-state index in [0.29, 0.717) is 17.9 Å². The van der Waals surface area contributed by atoms with E-state index in [0.717, 1.165) is 5.56 Å². The lowest BCUT2D eigenvalue weighted by molar-refractivity contribution is 0.0475. The Hall–Kier alpha value is -3.09. The van der Waals surface area contributed by atoms with Crippen molar-refractivity contribution < 1.29 is 23.8 Å². The highest BCUT2D eigenvalue weighted by Gasteiger charge is 2.22. The number of pyridine rings is 1. The van der Waals surface area contributed by atoms with Crippen LogP contribution in [0.25, 0.3) is 0 Å². The van der Waals surface area contributed by atoms with Crippen LogP contribution in [0, 0.1) is 6.92 Å². The first-order valence-electron chi connectivity index (χ1n) is 9.98. The predicted octanol–water partition coefficient (Wildman–Crippen LogP) is 4.08. The molecule has 0 saturated heterocycles. The number of ether oxygens (including phenoxy) is 3. The van der Waals surface area contributed by atoms with Crippen LogP contribution in [-0.2, 0) is 15.9 Å². The van der Waals surface area contributed by atoms with Crippen molar-refractivity contribution in [3.63, 3.8) is 0 Å². The Morgan fingerprint density at radius 2 is 1.83 bits per heavy atom. The molecule has 1 amide bonds. The van der Waals surface area contributed by atoms with Crippen molar-refractivity contribution in [3.8, 4) is 5.75 Å². The van der Waals surface area contributed by atoms with Gasteiger partial charge in [0.15, 0.2) is 0 Å². The van der Waals surface area contributed by atoms with Crippen LogP contribution in [0.2, 0.25) is 0 Å². The summed E-state index contributed by atoms with van der Waals surface area (Å²) in [5, 5.41) is 2.86. The zero-order valence-electron chi connectivity index (χ0n) is 18.2. The van der Waals surface area contributed by atoms with Gasteiger partial charge in [-0.2, -0.15) is 0 Å². The van der Waals surface area contributed by atoms with Gasteiger partial charge in [-0.25, -0.2) is 9.59 Å². The number of aromatic nitrogens is 1. The molecule has 0 saturated carbocycles. The minimum atomic E-state index is -0.610. The van der Waals surface area contributed by atoms with Crippen LogP contribution in [-0.4, -0.2) is 41.9 Å². The third kappa shape index (κ3) is 7.39. The van der Waals surface area contributed by atoms with Gasteiger partial charge < -0.3 is 19.5 Å². The second kappa shape index (κ2) is 10.6. The molecule has 0 fully saturated rings. The van der Waals surface area contributed by atoms with Crippen molar-refractivity contribution in [1.82, 2.24) is 10.3 Å². The molecule has 0 unspecified atom stereocenters. The van der Waals surface area contributed by atoms with Crippen LogP contribution >= 0.6 is 0 Å². The molecule has 0 bridgehead atoms. The molecule has 1 atom stereocenters. The molecule has 2 rings (SSSR count). The number of rotatable bonds is 8. The summed E-state index contributed by atoms with van der Waals surface area (Å²) < 4.78 is 16.4. The van der Waals surface area contributed by atoms with E-state index < -0.39 is 17.7 Å². The van der Waals surface area contributed by atoms with Crippen LogP contribution in [0.3, 0.4) is 0 Å². The zero-order valence-corrected chi connectivity index (χ0v) is 18.2. The minimum Gasteiger partial charge on any atom is -0.490 e. The maximum Gasteiger partial charge on any atom is 0.408 e. The quantitative estimate of drug-likeness (QED) is 0.655. The Labute approximate surface area is 177 Å². The van der Waals surface area contributed by atoms with E-state index in [1.54, 1.807) is 46.9 Å². The maximum absolute atomic E-state index is 12.3. The molecule has 0 aliphatic heterocycles. The average molecular weight is 415 g/mol. The molecule has 0 spiro atoms. The molecule has 0 aliphatic rings. The SMILES string of the molecule is CCOC(=O)c1c(OC[C@@H](Cc2ccccc2)NC(=O)OC(C)(C)C)ccnc1C. The summed E-state index contributed by atoms with van der Waals surface area (Å²) in [5.41, 5.74) is 1.24. The molecule has 1 aromatic carbocycles. The lowest BCUT2D eigenvalue weighted by Gasteiger charge is -2.24. The van der Waals surface area contributed by atoms with Crippen LogP contribution in [0.4, 0.5) is 4.79 Å². The van der Waals surface area contributed by atoms with Crippen LogP contribution in [0.5, 0.6) is 5.75 Å². The number of esters is 1. The van der Waals surface area contributed by atoms with E-state index in [1.807, 2.05) is 30.3 Å². The number of benzene rings is 1. The molecule has 1 N–H and O–H groups in total. The van der Waals surface area contributed by atoms with Crippen molar-refractivity contribution >= 4 is 12.1 Å². The van der Waals surface area contributed by atoms with Gasteiger partial charge in [-0.15, -0.1) is 0 Å². The van der Waals surface area contributed by atoms with Gasteiger partial charge >= 0.3 is 12.1 Å². The van der Waals surface area contributed by atoms with Gasteiger partial charge in [-0.05, 0) is 52.7 Å². The Kier molecular flexibility index (Phi) is 8.21. The molecule has 7 heteroatoms. The third-order valence-corrected chi connectivity index (χ3v) is 4.07. The summed E-state index contributed by atoms with van der Waals surface area (Å²) in [7, 11) is 0. The van der Waals surface area contributed by atoms with Crippen molar-refractivity contribution in [2.24, 2.45) is 0 Å². The average Bonchev–Trinajstić information content (AvgIpc) is 2.65. The summed E-state index contributed by atoms with van der Waals surface area (Å²) in [6.45, 7) is 9.28. The van der Waals surface area contributed by atoms with Crippen molar-refractivity contribution in [3.05, 3.63) is 59.4 Å². The zero-order chi connectivity index (χ0) is 22.1. The standard InChI is InChI=1S/C23H30N2O5/c1-6-28-21(26)20-16(2)24-13-12-19(20)29-15-18(14-17-10-8-7-9-11-17)25-22(27)30-23(3,4)5/h7-13,18H,6,14-15H2,1-5H3,(H,25,27)/t18-/m1/s1. The second-order valence-corrected chi connectivity index (χ2v) is 7.83. The van der Waals surface area contributed by atoms with Crippen LogP contribution < -0.4 is 10.1 Å². The van der Waals surface area contributed by atoms with Gasteiger partial charge in [-0.3, -0.25) is 4.98 Å². The molecule has 7 nitrogen and oxygen atoms in total. The number of aryl methyl sites for hydroxylation is 1. The fraction of sp³-hybridized carbons (Fsp3) is 0.435. The molecule has 1 aromatic heterocycles. The van der Waals surface area contributed by atoms with Gasteiger partial charge in [0.05, 0.1) is 18.3 Å². The molecule has 0 radical (unpaired) electrons. The number of carbonyl (C=O) groups is 2. The van der Waals surface area contributed by atoms with E-state index in [2.05, 4.69) is 10.3 Å². The summed E-state index contributed by atoms with van der Waals surface area (Å²) in [6.07, 6.45) is 1.59. The fourth-order valence-electron chi connectivity index (χ4n) is 2.83. The number of amides is 1. The first-order chi connectivity index (χ1) is 14.2. The molecule has 162 valence electrons. The van der Waals surface area contributed by atoms with E-state index in [-0.39, 0.29) is 24.8 Å². The Balaban J connectivity index is 2.17. The monoisotopic (exact) mass is 414 g/mol. The molecule has 0 aliphatic carbocycles.